The molecule has 0 bridgehead atoms. The van der Waals surface area contributed by atoms with Crippen LogP contribution in [-0.4, -0.2) is 22.6 Å². The third-order valence-corrected chi connectivity index (χ3v) is 4.07. The molecule has 0 aromatic heterocycles. The minimum absolute atomic E-state index is 0.110. The second-order valence-electron chi connectivity index (χ2n) is 6.11. The van der Waals surface area contributed by atoms with Crippen LogP contribution in [0.15, 0.2) is 78.9 Å². The number of amides is 3. The summed E-state index contributed by atoms with van der Waals surface area (Å²) >= 11 is 0. The molecule has 0 spiro atoms. The quantitative estimate of drug-likeness (QED) is 0.445. The molecule has 0 aliphatic carbocycles. The number of rotatable bonds is 5. The number of anilines is 1. The van der Waals surface area contributed by atoms with Crippen LogP contribution in [0.25, 0.3) is 0 Å². The fraction of sp³-hybridized carbons (Fsp3) is 0. The van der Waals surface area contributed by atoms with Crippen molar-refractivity contribution in [3.63, 3.8) is 0 Å². The average molecular weight is 404 g/mol. The van der Waals surface area contributed by atoms with Gasteiger partial charge in [0.05, 0.1) is 4.92 Å². The lowest BCUT2D eigenvalue weighted by atomic mass is 10.1. The van der Waals surface area contributed by atoms with Crippen LogP contribution in [0.3, 0.4) is 0 Å². The molecule has 0 saturated carbocycles. The predicted octanol–water partition coefficient (Wildman–Crippen LogP) is 2.92. The van der Waals surface area contributed by atoms with E-state index in [9.17, 15) is 24.5 Å². The number of hydrazine groups is 1. The van der Waals surface area contributed by atoms with E-state index in [1.165, 1.54) is 48.5 Å². The third kappa shape index (κ3) is 5.04. The van der Waals surface area contributed by atoms with Gasteiger partial charge in [-0.15, -0.1) is 0 Å². The molecule has 3 aromatic rings. The normalized spacial score (nSPS) is 10.0. The van der Waals surface area contributed by atoms with E-state index in [0.29, 0.717) is 11.3 Å². The zero-order valence-electron chi connectivity index (χ0n) is 15.5. The molecule has 0 atom stereocenters. The first-order valence-corrected chi connectivity index (χ1v) is 8.75. The number of carbonyl (C=O) groups excluding carboxylic acids is 3. The topological polar surface area (TPSA) is 130 Å². The van der Waals surface area contributed by atoms with Crippen LogP contribution >= 0.6 is 0 Å². The Kier molecular flexibility index (Phi) is 6.14. The molecule has 30 heavy (non-hydrogen) atoms. The van der Waals surface area contributed by atoms with Crippen molar-refractivity contribution in [1.82, 2.24) is 10.9 Å². The van der Waals surface area contributed by atoms with Crippen molar-refractivity contribution >= 4 is 29.1 Å². The maximum atomic E-state index is 12.2. The van der Waals surface area contributed by atoms with Gasteiger partial charge in [-0.1, -0.05) is 18.2 Å². The molecule has 150 valence electrons. The number of carbonyl (C=O) groups is 3. The summed E-state index contributed by atoms with van der Waals surface area (Å²) < 4.78 is 0. The summed E-state index contributed by atoms with van der Waals surface area (Å²) in [4.78, 5) is 46.4. The van der Waals surface area contributed by atoms with E-state index in [1.807, 2.05) is 0 Å². The van der Waals surface area contributed by atoms with Crippen LogP contribution in [0.5, 0.6) is 0 Å². The second-order valence-corrected chi connectivity index (χ2v) is 6.11. The van der Waals surface area contributed by atoms with Gasteiger partial charge in [0.25, 0.3) is 23.4 Å². The number of nitro benzene ring substituents is 1. The van der Waals surface area contributed by atoms with Crippen LogP contribution in [0.1, 0.15) is 31.1 Å². The van der Waals surface area contributed by atoms with Gasteiger partial charge in [0.1, 0.15) is 0 Å². The van der Waals surface area contributed by atoms with Gasteiger partial charge in [0.15, 0.2) is 0 Å². The molecule has 0 fully saturated rings. The van der Waals surface area contributed by atoms with E-state index >= 15 is 0 Å². The molecular formula is C21H16N4O5. The van der Waals surface area contributed by atoms with Crippen LogP contribution in [0.2, 0.25) is 0 Å². The Morgan fingerprint density at radius 1 is 0.633 bits per heavy atom. The number of nitrogens with one attached hydrogen (secondary N) is 3. The van der Waals surface area contributed by atoms with Crippen LogP contribution < -0.4 is 16.2 Å². The summed E-state index contributed by atoms with van der Waals surface area (Å²) in [6.07, 6.45) is 0. The summed E-state index contributed by atoms with van der Waals surface area (Å²) in [6.45, 7) is 0. The predicted molar refractivity (Wildman–Crippen MR) is 109 cm³/mol. The van der Waals surface area contributed by atoms with E-state index in [0.717, 1.165) is 0 Å². The number of non-ortho nitro benzene ring substituents is 1. The lowest BCUT2D eigenvalue weighted by Crippen LogP contribution is -2.41. The molecule has 0 unspecified atom stereocenters. The molecule has 3 amide bonds. The van der Waals surface area contributed by atoms with Gasteiger partial charge in [0, 0.05) is 34.5 Å². The highest BCUT2D eigenvalue weighted by Crippen LogP contribution is 2.15. The van der Waals surface area contributed by atoms with Crippen molar-refractivity contribution in [2.45, 2.75) is 0 Å². The monoisotopic (exact) mass is 404 g/mol. The van der Waals surface area contributed by atoms with Gasteiger partial charge in [-0.3, -0.25) is 35.3 Å². The zero-order chi connectivity index (χ0) is 21.5. The lowest BCUT2D eigenvalue weighted by Gasteiger charge is -2.09. The largest absolute Gasteiger partial charge is 0.322 e. The van der Waals surface area contributed by atoms with E-state index in [1.54, 1.807) is 30.3 Å². The molecule has 0 saturated heterocycles. The average Bonchev–Trinajstić information content (AvgIpc) is 2.78. The number of hydrogen-bond donors (Lipinski definition) is 3. The Bertz CT molecular complexity index is 1080. The number of nitrogens with zero attached hydrogens (tertiary/aromatic N) is 1. The molecule has 0 radical (unpaired) electrons. The van der Waals surface area contributed by atoms with Gasteiger partial charge in [-0.2, -0.15) is 0 Å². The van der Waals surface area contributed by atoms with E-state index in [-0.39, 0.29) is 16.8 Å². The Hall–Kier alpha value is -4.53. The van der Waals surface area contributed by atoms with Crippen LogP contribution in [0, 0.1) is 10.1 Å². The van der Waals surface area contributed by atoms with E-state index < -0.39 is 22.6 Å². The highest BCUT2D eigenvalue weighted by atomic mass is 16.6. The summed E-state index contributed by atoms with van der Waals surface area (Å²) in [5.41, 5.74) is 5.90. The van der Waals surface area contributed by atoms with Crippen molar-refractivity contribution < 1.29 is 19.3 Å². The summed E-state index contributed by atoms with van der Waals surface area (Å²) in [7, 11) is 0. The SMILES string of the molecule is O=C(NNC(=O)c1ccc(NC(=O)c2ccc([N+](=O)[O-])cc2)cc1)c1ccccc1. The maximum absolute atomic E-state index is 12.2. The number of benzene rings is 3. The van der Waals surface area contributed by atoms with Crippen molar-refractivity contribution in [3.8, 4) is 0 Å². The highest BCUT2D eigenvalue weighted by molar-refractivity contribution is 6.05. The zero-order valence-corrected chi connectivity index (χ0v) is 15.5. The molecule has 3 N–H and O–H groups in total. The van der Waals surface area contributed by atoms with Crippen molar-refractivity contribution in [2.24, 2.45) is 0 Å². The third-order valence-electron chi connectivity index (χ3n) is 4.07. The fourth-order valence-electron chi connectivity index (χ4n) is 2.49. The summed E-state index contributed by atoms with van der Waals surface area (Å²) in [6, 6.07) is 19.6. The summed E-state index contributed by atoms with van der Waals surface area (Å²) in [5.74, 6) is -1.42. The van der Waals surface area contributed by atoms with Gasteiger partial charge in [-0.05, 0) is 48.5 Å². The van der Waals surface area contributed by atoms with Crippen molar-refractivity contribution in [2.75, 3.05) is 5.32 Å². The molecule has 0 aliphatic heterocycles. The molecule has 3 rings (SSSR count). The molecule has 9 heteroatoms. The van der Waals surface area contributed by atoms with Gasteiger partial charge in [0.2, 0.25) is 0 Å². The highest BCUT2D eigenvalue weighted by Gasteiger charge is 2.11. The minimum atomic E-state index is -0.548. The Morgan fingerprint density at radius 3 is 1.63 bits per heavy atom. The standard InChI is InChI=1S/C21H16N4O5/c26-19(15-8-12-18(13-9-15)25(29)30)22-17-10-6-16(7-11-17)21(28)24-23-20(27)14-4-2-1-3-5-14/h1-13H,(H,22,26)(H,23,27)(H,24,28). The first kappa shape index (κ1) is 20.2. The van der Waals surface area contributed by atoms with Gasteiger partial charge >= 0.3 is 0 Å². The minimum Gasteiger partial charge on any atom is -0.322 e. The molecule has 3 aromatic carbocycles. The maximum Gasteiger partial charge on any atom is 0.269 e. The number of hydrogen-bond acceptors (Lipinski definition) is 5. The summed E-state index contributed by atoms with van der Waals surface area (Å²) in [5, 5.41) is 13.3. The molecule has 9 nitrogen and oxygen atoms in total. The van der Waals surface area contributed by atoms with Gasteiger partial charge in [-0.25, -0.2) is 0 Å². The van der Waals surface area contributed by atoms with Crippen molar-refractivity contribution in [1.29, 1.82) is 0 Å². The lowest BCUT2D eigenvalue weighted by molar-refractivity contribution is -0.384. The number of nitro groups is 1. The smallest absolute Gasteiger partial charge is 0.269 e. The molecule has 0 heterocycles. The Morgan fingerprint density at radius 2 is 1.10 bits per heavy atom. The van der Waals surface area contributed by atoms with Crippen LogP contribution in [0.4, 0.5) is 11.4 Å². The molecular weight excluding hydrogens is 388 g/mol. The first-order valence-electron chi connectivity index (χ1n) is 8.75. The second kappa shape index (κ2) is 9.11. The van der Waals surface area contributed by atoms with Crippen molar-refractivity contribution in [3.05, 3.63) is 106 Å². The Balaban J connectivity index is 1.56. The Labute approximate surface area is 170 Å². The van der Waals surface area contributed by atoms with Crippen LogP contribution in [-0.2, 0) is 0 Å². The first-order chi connectivity index (χ1) is 14.4. The fourth-order valence-corrected chi connectivity index (χ4v) is 2.49. The molecule has 0 aliphatic rings. The van der Waals surface area contributed by atoms with E-state index in [2.05, 4.69) is 16.2 Å². The van der Waals surface area contributed by atoms with Gasteiger partial charge < -0.3 is 5.32 Å². The van der Waals surface area contributed by atoms with E-state index in [4.69, 9.17) is 0 Å².